The highest BCUT2D eigenvalue weighted by Crippen LogP contribution is 2.34. The molecule has 11 heteroatoms. The molecule has 1 amide bonds. The molecule has 0 bridgehead atoms. The van der Waals surface area contributed by atoms with Crippen LogP contribution >= 0.6 is 34.2 Å². The molecular weight excluding hydrogens is 545 g/mol. The number of halogens is 4. The van der Waals surface area contributed by atoms with Gasteiger partial charge in [-0.15, -0.1) is 0 Å². The van der Waals surface area contributed by atoms with Crippen molar-refractivity contribution in [2.24, 2.45) is 0 Å². The number of fused-ring (bicyclic) bond motifs is 1. The highest BCUT2D eigenvalue weighted by Gasteiger charge is 2.29. The van der Waals surface area contributed by atoms with E-state index < -0.39 is 23.8 Å². The van der Waals surface area contributed by atoms with Gasteiger partial charge < -0.3 is 24.5 Å². The van der Waals surface area contributed by atoms with Gasteiger partial charge in [-0.25, -0.2) is 18.6 Å². The van der Waals surface area contributed by atoms with Crippen LogP contribution in [0.1, 0.15) is 5.69 Å². The first-order chi connectivity index (χ1) is 14.8. The van der Waals surface area contributed by atoms with Gasteiger partial charge in [0.15, 0.2) is 5.82 Å². The Morgan fingerprint density at radius 1 is 1.39 bits per heavy atom. The van der Waals surface area contributed by atoms with E-state index in [9.17, 15) is 13.6 Å². The van der Waals surface area contributed by atoms with Gasteiger partial charge in [-0.05, 0) is 34.7 Å². The second-order valence-corrected chi connectivity index (χ2v) is 8.65. The summed E-state index contributed by atoms with van der Waals surface area (Å²) in [7, 11) is 1.31. The summed E-state index contributed by atoms with van der Waals surface area (Å²) >= 11 is 7.92. The fourth-order valence-electron chi connectivity index (χ4n) is 3.66. The van der Waals surface area contributed by atoms with Crippen molar-refractivity contribution in [3.05, 3.63) is 50.3 Å². The maximum atomic E-state index is 14.9. The van der Waals surface area contributed by atoms with Crippen LogP contribution in [0.3, 0.4) is 0 Å². The van der Waals surface area contributed by atoms with E-state index in [0.29, 0.717) is 33.8 Å². The molecule has 164 valence electrons. The number of nitrogens with zero attached hydrogens (tertiary/aromatic N) is 3. The maximum absolute atomic E-state index is 14.9. The van der Waals surface area contributed by atoms with Crippen molar-refractivity contribution >= 4 is 51.6 Å². The lowest BCUT2D eigenvalue weighted by atomic mass is 10.0. The van der Waals surface area contributed by atoms with Gasteiger partial charge in [-0.3, -0.25) is 0 Å². The largest absolute Gasteiger partial charge is 0.453 e. The molecule has 31 heavy (non-hydrogen) atoms. The van der Waals surface area contributed by atoms with Gasteiger partial charge in [0.1, 0.15) is 11.5 Å². The molecule has 0 radical (unpaired) electrons. The van der Waals surface area contributed by atoms with Crippen molar-refractivity contribution < 1.29 is 23.0 Å². The summed E-state index contributed by atoms with van der Waals surface area (Å²) in [5.41, 5.74) is 7.53. The topological polar surface area (TPSA) is 82.1 Å². The number of carbonyl (C=O) groups is 1. The fourth-order valence-corrected chi connectivity index (χ4v) is 4.68. The predicted octanol–water partition coefficient (Wildman–Crippen LogP) is 4.13. The monoisotopic (exact) mass is 562 g/mol. The first kappa shape index (κ1) is 22.0. The van der Waals surface area contributed by atoms with Crippen LogP contribution in [0.5, 0.6) is 0 Å². The molecule has 3 aromatic rings. The third kappa shape index (κ3) is 4.28. The second kappa shape index (κ2) is 8.75. The Bertz CT molecular complexity index is 1150. The van der Waals surface area contributed by atoms with E-state index in [2.05, 4.69) is 4.98 Å². The molecular formula is C20H18ClF2IN4O3. The number of aromatic nitrogens is 2. The van der Waals surface area contributed by atoms with Gasteiger partial charge in [0.2, 0.25) is 0 Å². The van der Waals surface area contributed by atoms with Crippen LogP contribution in [0.2, 0.25) is 5.02 Å². The molecule has 1 fully saturated rings. The Kier molecular flexibility index (Phi) is 6.22. The van der Waals surface area contributed by atoms with Crippen LogP contribution in [0.25, 0.3) is 16.9 Å². The molecule has 1 aliphatic rings. The highest BCUT2D eigenvalue weighted by molar-refractivity contribution is 14.1. The number of imidazole rings is 1. The number of morpholine rings is 1. The van der Waals surface area contributed by atoms with E-state index in [0.717, 1.165) is 0 Å². The zero-order valence-electron chi connectivity index (χ0n) is 16.4. The van der Waals surface area contributed by atoms with E-state index in [1.54, 1.807) is 6.07 Å². The van der Waals surface area contributed by atoms with E-state index in [-0.39, 0.29) is 29.2 Å². The minimum absolute atomic E-state index is 0.0890. The fraction of sp³-hybridized carbons (Fsp3) is 0.300. The first-order valence-electron chi connectivity index (χ1n) is 9.33. The Balaban J connectivity index is 1.82. The summed E-state index contributed by atoms with van der Waals surface area (Å²) in [6.07, 6.45) is 0.598. The van der Waals surface area contributed by atoms with Gasteiger partial charge in [-0.2, -0.15) is 0 Å². The van der Waals surface area contributed by atoms with Gasteiger partial charge in [-0.1, -0.05) is 11.6 Å². The molecule has 3 heterocycles. The Morgan fingerprint density at radius 3 is 2.87 bits per heavy atom. The molecule has 0 unspecified atom stereocenters. The number of amides is 1. The number of ether oxygens (including phenoxy) is 2. The zero-order chi connectivity index (χ0) is 22.3. The Morgan fingerprint density at radius 2 is 2.16 bits per heavy atom. The van der Waals surface area contributed by atoms with Crippen molar-refractivity contribution in [2.45, 2.75) is 12.5 Å². The van der Waals surface area contributed by atoms with Crippen LogP contribution < -0.4 is 5.73 Å². The van der Waals surface area contributed by atoms with Crippen LogP contribution in [0, 0.1) is 15.2 Å². The third-order valence-corrected chi connectivity index (χ3v) is 6.20. The smallest absolute Gasteiger partial charge is 0.409 e. The molecule has 0 saturated carbocycles. The number of nitrogens with two attached hydrogens (primary N) is 1. The number of rotatable bonds is 3. The van der Waals surface area contributed by atoms with Gasteiger partial charge in [0, 0.05) is 34.5 Å². The summed E-state index contributed by atoms with van der Waals surface area (Å²) in [4.78, 5) is 18.0. The van der Waals surface area contributed by atoms with Crippen LogP contribution in [-0.2, 0) is 15.9 Å². The standard InChI is InChI=1S/C20H18ClF2IN4O3/c1-30-20(29)27-2-3-31-11(8-27)6-16-19(18-13(22)4-10(25)5-15(18)24)26-17-7-12(21)14(23)9-28(16)17/h4-5,7,9,11H,2-3,6,8,25H2,1H3/t11-/m0/s1. The number of nitrogen functional groups attached to an aromatic ring is 1. The van der Waals surface area contributed by atoms with Crippen molar-refractivity contribution in [1.82, 2.24) is 14.3 Å². The molecule has 7 nitrogen and oxygen atoms in total. The molecule has 1 atom stereocenters. The lowest BCUT2D eigenvalue weighted by molar-refractivity contribution is -0.0241. The normalized spacial score (nSPS) is 16.7. The predicted molar refractivity (Wildman–Crippen MR) is 120 cm³/mol. The molecule has 1 saturated heterocycles. The third-order valence-electron chi connectivity index (χ3n) is 5.06. The molecule has 4 rings (SSSR count). The Labute approximate surface area is 195 Å². The lowest BCUT2D eigenvalue weighted by Gasteiger charge is -2.32. The van der Waals surface area contributed by atoms with Gasteiger partial charge in [0.25, 0.3) is 0 Å². The van der Waals surface area contributed by atoms with E-state index in [1.165, 1.54) is 34.7 Å². The van der Waals surface area contributed by atoms with Crippen LogP contribution in [0.15, 0.2) is 24.4 Å². The van der Waals surface area contributed by atoms with E-state index in [4.69, 9.17) is 26.8 Å². The Hall–Kier alpha value is -2.18. The van der Waals surface area contributed by atoms with Crippen LogP contribution in [-0.4, -0.2) is 53.3 Å². The second-order valence-electron chi connectivity index (χ2n) is 7.08. The zero-order valence-corrected chi connectivity index (χ0v) is 19.3. The molecule has 1 aliphatic heterocycles. The minimum atomic E-state index is -0.632. The summed E-state index contributed by atoms with van der Waals surface area (Å²) in [5.74, 6) is -1.17. The number of methoxy groups -OCH3 is 1. The number of pyridine rings is 1. The summed E-state index contributed by atoms with van der Waals surface area (Å²) in [5, 5.41) is -0.0890. The lowest BCUT2D eigenvalue weighted by Crippen LogP contribution is -2.46. The molecule has 0 spiro atoms. The van der Waals surface area contributed by atoms with E-state index in [1.807, 2.05) is 22.6 Å². The summed E-state index contributed by atoms with van der Waals surface area (Å²) < 4.78 is 41.9. The molecule has 2 aromatic heterocycles. The summed E-state index contributed by atoms with van der Waals surface area (Å²) in [6.45, 7) is 0.994. The van der Waals surface area contributed by atoms with Gasteiger partial charge >= 0.3 is 6.09 Å². The van der Waals surface area contributed by atoms with Crippen molar-refractivity contribution in [1.29, 1.82) is 0 Å². The van der Waals surface area contributed by atoms with Crippen molar-refractivity contribution in [2.75, 3.05) is 32.5 Å². The van der Waals surface area contributed by atoms with Crippen LogP contribution in [0.4, 0.5) is 19.3 Å². The molecule has 2 N–H and O–H groups in total. The first-order valence-corrected chi connectivity index (χ1v) is 10.8. The van der Waals surface area contributed by atoms with Gasteiger partial charge in [0.05, 0.1) is 48.3 Å². The van der Waals surface area contributed by atoms with E-state index >= 15 is 0 Å². The quantitative estimate of drug-likeness (QED) is 0.384. The van der Waals surface area contributed by atoms with Crippen molar-refractivity contribution in [3.63, 3.8) is 0 Å². The molecule has 1 aromatic carbocycles. The SMILES string of the molecule is COC(=O)N1CCO[C@@H](Cc2c(-c3c(F)cc(N)cc3I)nc3cc(Cl)c(F)cn23)C1. The number of hydrogen-bond donors (Lipinski definition) is 1. The number of benzene rings is 1. The number of anilines is 1. The molecule has 0 aliphatic carbocycles. The maximum Gasteiger partial charge on any atom is 0.409 e. The average molecular weight is 563 g/mol. The average Bonchev–Trinajstić information content (AvgIpc) is 3.04. The minimum Gasteiger partial charge on any atom is -0.453 e. The van der Waals surface area contributed by atoms with Crippen molar-refractivity contribution in [3.8, 4) is 11.3 Å². The number of hydrogen-bond acceptors (Lipinski definition) is 5. The number of carbonyl (C=O) groups excluding carboxylic acids is 1. The summed E-state index contributed by atoms with van der Waals surface area (Å²) in [6, 6.07) is 4.24. The highest BCUT2D eigenvalue weighted by atomic mass is 127.